The van der Waals surface area contributed by atoms with E-state index in [-0.39, 0.29) is 11.9 Å². The molecule has 1 N–H and O–H groups in total. The average molecular weight is 351 g/mol. The van der Waals surface area contributed by atoms with E-state index >= 15 is 0 Å². The van der Waals surface area contributed by atoms with Gasteiger partial charge in [-0.2, -0.15) is 0 Å². The molecule has 2 aromatic rings. The van der Waals surface area contributed by atoms with Crippen LogP contribution in [0.1, 0.15) is 23.2 Å². The van der Waals surface area contributed by atoms with Gasteiger partial charge in [0.05, 0.1) is 18.1 Å². The van der Waals surface area contributed by atoms with Crippen molar-refractivity contribution in [1.29, 1.82) is 0 Å². The summed E-state index contributed by atoms with van der Waals surface area (Å²) in [4.78, 5) is 25.8. The fourth-order valence-corrected chi connectivity index (χ4v) is 3.88. The molecule has 26 heavy (non-hydrogen) atoms. The van der Waals surface area contributed by atoms with E-state index < -0.39 is 0 Å². The van der Waals surface area contributed by atoms with Gasteiger partial charge in [-0.25, -0.2) is 4.98 Å². The molecule has 3 fully saturated rings. The molecular formula is C20H25N5O. The first-order valence-corrected chi connectivity index (χ1v) is 9.23. The lowest BCUT2D eigenvalue weighted by molar-refractivity contribution is 0.0620. The minimum atomic E-state index is 0.0171. The zero-order valence-corrected chi connectivity index (χ0v) is 15.4. The Labute approximate surface area is 154 Å². The van der Waals surface area contributed by atoms with E-state index in [1.54, 1.807) is 12.4 Å². The number of amides is 1. The third-order valence-corrected chi connectivity index (χ3v) is 5.50. The Balaban J connectivity index is 1.45. The molecule has 1 aromatic heterocycles. The number of carbonyl (C=O) groups excluding carboxylic acids is 1. The molecule has 5 rings (SSSR count). The summed E-state index contributed by atoms with van der Waals surface area (Å²) < 4.78 is 0. The molecule has 2 bridgehead atoms. The van der Waals surface area contributed by atoms with E-state index in [4.69, 9.17) is 0 Å². The van der Waals surface area contributed by atoms with Crippen LogP contribution in [0.3, 0.4) is 0 Å². The maximum Gasteiger partial charge on any atom is 0.251 e. The molecule has 1 aromatic carbocycles. The van der Waals surface area contributed by atoms with Crippen molar-refractivity contribution in [3.63, 3.8) is 0 Å². The van der Waals surface area contributed by atoms with Crippen molar-refractivity contribution in [3.05, 3.63) is 42.2 Å². The molecule has 6 heteroatoms. The van der Waals surface area contributed by atoms with Gasteiger partial charge >= 0.3 is 0 Å². The van der Waals surface area contributed by atoms with Crippen molar-refractivity contribution in [1.82, 2.24) is 20.2 Å². The molecule has 3 aliphatic rings. The summed E-state index contributed by atoms with van der Waals surface area (Å²) in [6.07, 6.45) is 5.88. The van der Waals surface area contributed by atoms with Gasteiger partial charge in [0.15, 0.2) is 0 Å². The monoisotopic (exact) mass is 351 g/mol. The first kappa shape index (κ1) is 17.0. The first-order chi connectivity index (χ1) is 12.6. The van der Waals surface area contributed by atoms with Crippen molar-refractivity contribution in [2.75, 3.05) is 38.6 Å². The second-order valence-electron chi connectivity index (χ2n) is 7.45. The second kappa shape index (κ2) is 7.03. The zero-order valence-electron chi connectivity index (χ0n) is 15.4. The van der Waals surface area contributed by atoms with E-state index in [0.29, 0.717) is 11.5 Å². The minimum Gasteiger partial charge on any atom is -0.361 e. The molecule has 0 saturated carbocycles. The van der Waals surface area contributed by atoms with Gasteiger partial charge < -0.3 is 15.1 Å². The normalized spacial score (nSPS) is 24.3. The topological polar surface area (TPSA) is 61.4 Å². The minimum absolute atomic E-state index is 0.0171. The number of fused-ring (bicyclic) bond motifs is 3. The van der Waals surface area contributed by atoms with E-state index in [2.05, 4.69) is 20.2 Å². The number of rotatable bonds is 4. The Kier molecular flexibility index (Phi) is 4.59. The fourth-order valence-electron chi connectivity index (χ4n) is 3.88. The lowest BCUT2D eigenvalue weighted by Gasteiger charge is -2.44. The molecule has 1 unspecified atom stereocenters. The number of anilines is 1. The number of nitrogens with zero attached hydrogens (tertiary/aromatic N) is 4. The molecule has 0 aliphatic carbocycles. The highest BCUT2D eigenvalue weighted by Crippen LogP contribution is 2.27. The van der Waals surface area contributed by atoms with Crippen LogP contribution in [0.25, 0.3) is 11.3 Å². The van der Waals surface area contributed by atoms with Crippen LogP contribution < -0.4 is 10.2 Å². The summed E-state index contributed by atoms with van der Waals surface area (Å²) in [5.41, 5.74) is 2.46. The van der Waals surface area contributed by atoms with Gasteiger partial charge in [-0.15, -0.1) is 0 Å². The highest BCUT2D eigenvalue weighted by Gasteiger charge is 2.34. The molecule has 1 atom stereocenters. The number of nitrogens with one attached hydrogen (secondary N) is 1. The van der Waals surface area contributed by atoms with Crippen LogP contribution in [0.15, 0.2) is 36.7 Å². The van der Waals surface area contributed by atoms with Gasteiger partial charge in [0.25, 0.3) is 5.91 Å². The van der Waals surface area contributed by atoms with Crippen LogP contribution in [-0.2, 0) is 0 Å². The molecular weight excluding hydrogens is 326 g/mol. The number of hydrogen-bond acceptors (Lipinski definition) is 5. The van der Waals surface area contributed by atoms with E-state index in [0.717, 1.165) is 23.6 Å². The first-order valence-electron chi connectivity index (χ1n) is 9.23. The third kappa shape index (κ3) is 3.42. The highest BCUT2D eigenvalue weighted by atomic mass is 16.1. The maximum absolute atomic E-state index is 12.6. The summed E-state index contributed by atoms with van der Waals surface area (Å²) in [6.45, 7) is 3.35. The van der Waals surface area contributed by atoms with Crippen LogP contribution in [0.4, 0.5) is 5.82 Å². The van der Waals surface area contributed by atoms with Crippen LogP contribution in [0.5, 0.6) is 0 Å². The van der Waals surface area contributed by atoms with Crippen LogP contribution in [-0.4, -0.2) is 60.5 Å². The van der Waals surface area contributed by atoms with Gasteiger partial charge in [-0.05, 0) is 44.0 Å². The molecule has 3 aliphatic heterocycles. The van der Waals surface area contributed by atoms with Crippen LogP contribution >= 0.6 is 0 Å². The SMILES string of the molecule is CN(C)c1cncc(-c2ccc(C(=O)NC3CN4CCC3CC4)cc2)n1. The molecule has 0 radical (unpaired) electrons. The molecule has 3 saturated heterocycles. The summed E-state index contributed by atoms with van der Waals surface area (Å²) in [5, 5.41) is 3.23. The molecule has 0 spiro atoms. The van der Waals surface area contributed by atoms with Crippen LogP contribution in [0.2, 0.25) is 0 Å². The predicted molar refractivity (Wildman–Crippen MR) is 102 cm³/mol. The van der Waals surface area contributed by atoms with Gasteiger partial charge in [0.2, 0.25) is 0 Å². The summed E-state index contributed by atoms with van der Waals surface area (Å²) in [5.74, 6) is 1.46. The number of benzene rings is 1. The Morgan fingerprint density at radius 3 is 2.50 bits per heavy atom. The summed E-state index contributed by atoms with van der Waals surface area (Å²) >= 11 is 0. The van der Waals surface area contributed by atoms with Crippen molar-refractivity contribution in [3.8, 4) is 11.3 Å². The number of piperidine rings is 3. The van der Waals surface area contributed by atoms with Crippen molar-refractivity contribution in [2.24, 2.45) is 5.92 Å². The molecule has 4 heterocycles. The quantitative estimate of drug-likeness (QED) is 0.913. The predicted octanol–water partition coefficient (Wildman–Crippen LogP) is 2.03. The largest absolute Gasteiger partial charge is 0.361 e. The van der Waals surface area contributed by atoms with E-state index in [1.807, 2.05) is 43.3 Å². The summed E-state index contributed by atoms with van der Waals surface area (Å²) in [7, 11) is 3.88. The Hall–Kier alpha value is -2.47. The standard InChI is InChI=1S/C20H25N5O/c1-24(2)19-12-21-11-17(22-19)14-3-5-16(6-4-14)20(26)23-18-13-25-9-7-15(18)8-10-25/h3-6,11-12,15,18H,7-10,13H2,1-2H3,(H,23,26). The van der Waals surface area contributed by atoms with Crippen molar-refractivity contribution >= 4 is 11.7 Å². The molecule has 136 valence electrons. The number of hydrogen-bond donors (Lipinski definition) is 1. The zero-order chi connectivity index (χ0) is 18.1. The Morgan fingerprint density at radius 1 is 1.15 bits per heavy atom. The Bertz CT molecular complexity index is 781. The Morgan fingerprint density at radius 2 is 1.88 bits per heavy atom. The van der Waals surface area contributed by atoms with Gasteiger partial charge in [0, 0.05) is 37.8 Å². The van der Waals surface area contributed by atoms with E-state index in [9.17, 15) is 4.79 Å². The number of carbonyl (C=O) groups is 1. The van der Waals surface area contributed by atoms with E-state index in [1.165, 1.54) is 25.9 Å². The lowest BCUT2D eigenvalue weighted by Crippen LogP contribution is -2.57. The lowest BCUT2D eigenvalue weighted by atomic mass is 9.84. The third-order valence-electron chi connectivity index (χ3n) is 5.50. The van der Waals surface area contributed by atoms with Gasteiger partial charge in [0.1, 0.15) is 5.82 Å². The molecule has 1 amide bonds. The van der Waals surface area contributed by atoms with Crippen LogP contribution in [0, 0.1) is 5.92 Å². The average Bonchev–Trinajstić information content (AvgIpc) is 2.69. The fraction of sp³-hybridized carbons (Fsp3) is 0.450. The smallest absolute Gasteiger partial charge is 0.251 e. The number of aromatic nitrogens is 2. The van der Waals surface area contributed by atoms with Crippen molar-refractivity contribution in [2.45, 2.75) is 18.9 Å². The van der Waals surface area contributed by atoms with Crippen molar-refractivity contribution < 1.29 is 4.79 Å². The van der Waals surface area contributed by atoms with Gasteiger partial charge in [-0.1, -0.05) is 12.1 Å². The second-order valence-corrected chi connectivity index (χ2v) is 7.45. The molecule has 6 nitrogen and oxygen atoms in total. The maximum atomic E-state index is 12.6. The highest BCUT2D eigenvalue weighted by molar-refractivity contribution is 5.94. The summed E-state index contributed by atoms with van der Waals surface area (Å²) in [6, 6.07) is 7.91. The van der Waals surface area contributed by atoms with Gasteiger partial charge in [-0.3, -0.25) is 9.78 Å².